The van der Waals surface area contributed by atoms with Gasteiger partial charge in [0.2, 0.25) is 0 Å². The summed E-state index contributed by atoms with van der Waals surface area (Å²) in [5, 5.41) is 6.87. The van der Waals surface area contributed by atoms with Crippen molar-refractivity contribution in [2.24, 2.45) is 0 Å². The van der Waals surface area contributed by atoms with E-state index in [-0.39, 0.29) is 11.8 Å². The highest BCUT2D eigenvalue weighted by atomic mass is 16.5. The van der Waals surface area contributed by atoms with Crippen LogP contribution < -0.4 is 0 Å². The minimum absolute atomic E-state index is 0.208. The molecule has 0 amide bonds. The number of nitrogens with zero attached hydrogens (tertiary/aromatic N) is 4. The zero-order valence-electron chi connectivity index (χ0n) is 22.9. The summed E-state index contributed by atoms with van der Waals surface area (Å²) in [6.07, 6.45) is 10.4. The van der Waals surface area contributed by atoms with Crippen LogP contribution in [0, 0.1) is 0 Å². The van der Waals surface area contributed by atoms with Crippen molar-refractivity contribution in [3.05, 3.63) is 94.3 Å². The Morgan fingerprint density at radius 1 is 0.868 bits per heavy atom. The Hall–Kier alpha value is -3.60. The molecule has 194 valence electrons. The van der Waals surface area contributed by atoms with Crippen LogP contribution in [0.5, 0.6) is 0 Å². The average molecular weight is 505 g/mol. The van der Waals surface area contributed by atoms with Gasteiger partial charge in [-0.3, -0.25) is 4.98 Å². The summed E-state index contributed by atoms with van der Waals surface area (Å²) in [6.45, 7) is 8.92. The van der Waals surface area contributed by atoms with Gasteiger partial charge in [0.1, 0.15) is 5.82 Å². The highest BCUT2D eigenvalue weighted by Gasteiger charge is 2.20. The monoisotopic (exact) mass is 504 g/mol. The molecular formula is C33H36N4O. The van der Waals surface area contributed by atoms with E-state index in [1.165, 1.54) is 46.2 Å². The smallest absolute Gasteiger partial charge is 0.167 e. The fraction of sp³-hybridized carbons (Fsp3) is 0.394. The van der Waals surface area contributed by atoms with Crippen molar-refractivity contribution in [3.8, 4) is 0 Å². The van der Waals surface area contributed by atoms with E-state index in [1.807, 2.05) is 6.20 Å². The second kappa shape index (κ2) is 10.3. The van der Waals surface area contributed by atoms with Crippen molar-refractivity contribution in [3.63, 3.8) is 0 Å². The molecule has 5 nitrogen and oxygen atoms in total. The molecule has 5 heteroatoms. The molecule has 0 fully saturated rings. The molecule has 6 rings (SSSR count). The van der Waals surface area contributed by atoms with Crippen molar-refractivity contribution in [2.45, 2.75) is 84.0 Å². The van der Waals surface area contributed by atoms with E-state index in [0.717, 1.165) is 53.7 Å². The average Bonchev–Trinajstić information content (AvgIpc) is 3.36. The zero-order valence-corrected chi connectivity index (χ0v) is 22.9. The van der Waals surface area contributed by atoms with Crippen molar-refractivity contribution in [1.29, 1.82) is 0 Å². The molecule has 0 radical (unpaired) electrons. The van der Waals surface area contributed by atoms with Crippen LogP contribution in [0.2, 0.25) is 0 Å². The summed E-state index contributed by atoms with van der Waals surface area (Å²) in [5.74, 6) is 1.86. The van der Waals surface area contributed by atoms with Gasteiger partial charge in [0.25, 0.3) is 0 Å². The lowest BCUT2D eigenvalue weighted by Gasteiger charge is -2.17. The number of para-hydroxylation sites is 1. The molecule has 0 bridgehead atoms. The molecule has 0 spiro atoms. The molecule has 38 heavy (non-hydrogen) atoms. The third kappa shape index (κ3) is 4.70. The highest BCUT2D eigenvalue weighted by molar-refractivity contribution is 5.86. The van der Waals surface area contributed by atoms with Crippen molar-refractivity contribution < 1.29 is 4.52 Å². The molecule has 0 saturated heterocycles. The highest BCUT2D eigenvalue weighted by Crippen LogP contribution is 2.32. The van der Waals surface area contributed by atoms with Crippen LogP contribution in [0.1, 0.15) is 97.8 Å². The Morgan fingerprint density at radius 3 is 2.61 bits per heavy atom. The fourth-order valence-electron chi connectivity index (χ4n) is 6.01. The van der Waals surface area contributed by atoms with Crippen LogP contribution in [0.4, 0.5) is 0 Å². The first kappa shape index (κ1) is 24.7. The molecule has 2 atom stereocenters. The van der Waals surface area contributed by atoms with E-state index in [1.54, 1.807) is 0 Å². The minimum Gasteiger partial charge on any atom is -0.356 e. The van der Waals surface area contributed by atoms with Crippen LogP contribution in [-0.4, -0.2) is 20.1 Å². The molecule has 3 heterocycles. The van der Waals surface area contributed by atoms with Crippen molar-refractivity contribution in [2.75, 3.05) is 0 Å². The number of benzene rings is 2. The number of rotatable bonds is 7. The first-order valence-corrected chi connectivity index (χ1v) is 14.1. The Morgan fingerprint density at radius 2 is 1.74 bits per heavy atom. The first-order valence-electron chi connectivity index (χ1n) is 14.1. The quantitative estimate of drug-likeness (QED) is 0.226. The second-order valence-electron chi connectivity index (χ2n) is 11.4. The lowest BCUT2D eigenvalue weighted by Crippen LogP contribution is -2.11. The van der Waals surface area contributed by atoms with E-state index >= 15 is 0 Å². The maximum atomic E-state index is 5.85. The Labute approximate surface area is 224 Å². The lowest BCUT2D eigenvalue weighted by atomic mass is 9.91. The normalized spacial score (nSPS) is 15.2. The predicted octanol–water partition coefficient (Wildman–Crippen LogP) is 7.86. The summed E-state index contributed by atoms with van der Waals surface area (Å²) in [4.78, 5) is 14.4. The van der Waals surface area contributed by atoms with Crippen molar-refractivity contribution in [1.82, 2.24) is 20.1 Å². The molecule has 2 unspecified atom stereocenters. The molecule has 2 aromatic carbocycles. The largest absolute Gasteiger partial charge is 0.356 e. The van der Waals surface area contributed by atoms with Crippen molar-refractivity contribution >= 4 is 21.9 Å². The van der Waals surface area contributed by atoms with Crippen LogP contribution >= 0.6 is 0 Å². The molecule has 1 aliphatic rings. The Kier molecular flexibility index (Phi) is 6.69. The predicted molar refractivity (Wildman–Crippen MR) is 153 cm³/mol. The number of aromatic nitrogens is 4. The molecular weight excluding hydrogens is 468 g/mol. The number of hydrogen-bond donors (Lipinski definition) is 0. The zero-order chi connectivity index (χ0) is 26.2. The van der Waals surface area contributed by atoms with Crippen LogP contribution in [0.3, 0.4) is 0 Å². The van der Waals surface area contributed by atoms with Gasteiger partial charge in [-0.2, -0.15) is 0 Å². The van der Waals surface area contributed by atoms with Gasteiger partial charge in [-0.1, -0.05) is 57.1 Å². The molecule has 3 aromatic heterocycles. The standard InChI is InChI=1S/C33H36N4O/c1-20(2)26-14-15-34-32-24(9-7-10-27(26)32)17-21(3)31-28-13-12-23(18-30(28)38-37-31)16-22(4)33-35-19-25-8-5-6-11-29(25)36-33/h7,9-10,12-15,18-22H,5-6,8,11,16-17H2,1-4H3. The number of hydrogen-bond acceptors (Lipinski definition) is 5. The van der Waals surface area contributed by atoms with Gasteiger partial charge >= 0.3 is 0 Å². The number of pyridine rings is 1. The van der Waals surface area contributed by atoms with Crippen LogP contribution in [0.15, 0.2) is 59.4 Å². The molecule has 1 aliphatic carbocycles. The van der Waals surface area contributed by atoms with Crippen LogP contribution in [0.25, 0.3) is 21.9 Å². The molecule has 0 saturated carbocycles. The van der Waals surface area contributed by atoms with E-state index < -0.39 is 0 Å². The van der Waals surface area contributed by atoms with E-state index in [9.17, 15) is 0 Å². The van der Waals surface area contributed by atoms with E-state index in [0.29, 0.717) is 5.92 Å². The summed E-state index contributed by atoms with van der Waals surface area (Å²) in [6, 6.07) is 15.2. The molecule has 5 aromatic rings. The Bertz CT molecular complexity index is 1600. The van der Waals surface area contributed by atoms with E-state index in [4.69, 9.17) is 19.5 Å². The third-order valence-corrected chi connectivity index (χ3v) is 8.13. The number of aryl methyl sites for hydroxylation is 2. The fourth-order valence-corrected chi connectivity index (χ4v) is 6.01. The second-order valence-corrected chi connectivity index (χ2v) is 11.4. The summed E-state index contributed by atoms with van der Waals surface area (Å²) in [7, 11) is 0. The van der Waals surface area contributed by atoms with Gasteiger partial charge in [-0.05, 0) is 84.9 Å². The summed E-state index contributed by atoms with van der Waals surface area (Å²) >= 11 is 0. The summed E-state index contributed by atoms with van der Waals surface area (Å²) < 4.78 is 5.85. The lowest BCUT2D eigenvalue weighted by molar-refractivity contribution is 0.438. The van der Waals surface area contributed by atoms with Crippen LogP contribution in [-0.2, 0) is 25.7 Å². The van der Waals surface area contributed by atoms with Gasteiger partial charge in [0.15, 0.2) is 5.58 Å². The molecule has 0 N–H and O–H groups in total. The van der Waals surface area contributed by atoms with E-state index in [2.05, 4.69) is 81.5 Å². The number of fused-ring (bicyclic) bond motifs is 3. The maximum Gasteiger partial charge on any atom is 0.167 e. The SMILES string of the molecule is CC(C)c1ccnc2c(CC(C)c3noc4cc(CC(C)c5ncc6c(n5)CCCC6)ccc34)cccc12. The summed E-state index contributed by atoms with van der Waals surface area (Å²) in [5.41, 5.74) is 9.36. The van der Waals surface area contributed by atoms with Gasteiger partial charge in [-0.25, -0.2) is 9.97 Å². The van der Waals surface area contributed by atoms with Gasteiger partial charge in [-0.15, -0.1) is 0 Å². The van der Waals surface area contributed by atoms with Gasteiger partial charge < -0.3 is 4.52 Å². The third-order valence-electron chi connectivity index (χ3n) is 8.13. The van der Waals surface area contributed by atoms with Gasteiger partial charge in [0, 0.05) is 40.7 Å². The minimum atomic E-state index is 0.208. The van der Waals surface area contributed by atoms with Gasteiger partial charge in [0.05, 0.1) is 11.2 Å². The molecule has 0 aliphatic heterocycles. The first-order chi connectivity index (χ1) is 18.5. The topological polar surface area (TPSA) is 64.7 Å². The Balaban J connectivity index is 1.21. The maximum absolute atomic E-state index is 5.85.